The molecule has 1 atom stereocenters. The Kier molecular flexibility index (Phi) is 9.42. The summed E-state index contributed by atoms with van der Waals surface area (Å²) < 4.78 is 13.4. The molecular weight excluding hydrogens is 442 g/mol. The summed E-state index contributed by atoms with van der Waals surface area (Å²) in [6.07, 6.45) is 3.28. The van der Waals surface area contributed by atoms with E-state index >= 15 is 0 Å². The van der Waals surface area contributed by atoms with Crippen molar-refractivity contribution >= 4 is 47.6 Å². The number of piperidine rings is 1. The second-order valence-electron chi connectivity index (χ2n) is 5.34. The molecule has 0 saturated carbocycles. The number of rotatable bonds is 5. The lowest BCUT2D eigenvalue weighted by Gasteiger charge is -2.25. The van der Waals surface area contributed by atoms with E-state index in [4.69, 9.17) is 0 Å². The molecule has 1 aromatic carbocycles. The molecule has 1 amide bonds. The van der Waals surface area contributed by atoms with Crippen LogP contribution >= 0.6 is 35.7 Å². The smallest absolute Gasteiger partial charge is 0.220 e. The lowest BCUT2D eigenvalue weighted by Crippen LogP contribution is -2.51. The van der Waals surface area contributed by atoms with Crippen LogP contribution in [0.4, 0.5) is 4.39 Å². The van der Waals surface area contributed by atoms with Gasteiger partial charge in [-0.1, -0.05) is 0 Å². The zero-order valence-electron chi connectivity index (χ0n) is 13.9. The molecule has 0 spiro atoms. The average Bonchev–Trinajstić information content (AvgIpc) is 2.55. The number of thioether (sulfide) groups is 1. The van der Waals surface area contributed by atoms with Gasteiger partial charge in [0.2, 0.25) is 5.91 Å². The molecule has 1 aliphatic rings. The Bertz CT molecular complexity index is 575. The van der Waals surface area contributed by atoms with Crippen LogP contribution in [0.25, 0.3) is 0 Å². The lowest BCUT2D eigenvalue weighted by atomic mass is 10.1. The van der Waals surface area contributed by atoms with Gasteiger partial charge in [0.1, 0.15) is 5.82 Å². The number of nitrogens with one attached hydrogen (secondary N) is 3. The zero-order valence-corrected chi connectivity index (χ0v) is 17.0. The van der Waals surface area contributed by atoms with Crippen molar-refractivity contribution in [2.75, 3.05) is 19.3 Å². The van der Waals surface area contributed by atoms with E-state index in [0.717, 1.165) is 23.4 Å². The second kappa shape index (κ2) is 10.8. The van der Waals surface area contributed by atoms with E-state index in [2.05, 4.69) is 20.9 Å². The van der Waals surface area contributed by atoms with Gasteiger partial charge in [-0.15, -0.1) is 35.7 Å². The number of aliphatic imine (C=N–C) groups is 1. The fraction of sp³-hybridized carbons (Fsp3) is 0.500. The molecule has 24 heavy (non-hydrogen) atoms. The maximum Gasteiger partial charge on any atom is 0.220 e. The first kappa shape index (κ1) is 21.0. The summed E-state index contributed by atoms with van der Waals surface area (Å²) in [5, 5.41) is 9.35. The molecule has 0 aliphatic carbocycles. The first-order valence-electron chi connectivity index (χ1n) is 7.76. The van der Waals surface area contributed by atoms with Crippen molar-refractivity contribution in [3.63, 3.8) is 0 Å². The number of amides is 1. The van der Waals surface area contributed by atoms with Crippen LogP contribution < -0.4 is 16.0 Å². The van der Waals surface area contributed by atoms with Crippen LogP contribution in [0.2, 0.25) is 0 Å². The Morgan fingerprint density at radius 1 is 1.50 bits per heavy atom. The largest absolute Gasteiger partial charge is 0.357 e. The van der Waals surface area contributed by atoms with E-state index in [0.29, 0.717) is 25.5 Å². The third-order valence-corrected chi connectivity index (χ3v) is 4.44. The Morgan fingerprint density at radius 2 is 2.29 bits per heavy atom. The fourth-order valence-electron chi connectivity index (χ4n) is 2.40. The number of hydrogen-bond donors (Lipinski definition) is 3. The zero-order chi connectivity index (χ0) is 16.7. The van der Waals surface area contributed by atoms with Gasteiger partial charge in [0, 0.05) is 30.4 Å². The van der Waals surface area contributed by atoms with Gasteiger partial charge in [0.05, 0.1) is 6.54 Å². The molecule has 0 radical (unpaired) electrons. The van der Waals surface area contributed by atoms with Crippen molar-refractivity contribution in [2.45, 2.75) is 37.2 Å². The molecule has 5 nitrogen and oxygen atoms in total. The summed E-state index contributed by atoms with van der Waals surface area (Å²) in [7, 11) is 0. The highest BCUT2D eigenvalue weighted by Gasteiger charge is 2.18. The van der Waals surface area contributed by atoms with Crippen LogP contribution in [0.15, 0.2) is 28.1 Å². The molecule has 3 N–H and O–H groups in total. The van der Waals surface area contributed by atoms with Crippen molar-refractivity contribution in [3.8, 4) is 0 Å². The number of nitrogens with zero attached hydrogens (tertiary/aromatic N) is 1. The molecular formula is C16H24FIN4OS. The van der Waals surface area contributed by atoms with Crippen LogP contribution in [-0.4, -0.2) is 37.3 Å². The maximum absolute atomic E-state index is 13.4. The summed E-state index contributed by atoms with van der Waals surface area (Å²) in [5.74, 6) is 0.528. The quantitative estimate of drug-likeness (QED) is 0.270. The molecule has 0 aromatic heterocycles. The molecule has 1 unspecified atom stereocenters. The summed E-state index contributed by atoms with van der Waals surface area (Å²) in [6.45, 7) is 3.74. The number of benzene rings is 1. The highest BCUT2D eigenvalue weighted by atomic mass is 127. The van der Waals surface area contributed by atoms with Gasteiger partial charge in [0.25, 0.3) is 0 Å². The molecule has 1 saturated heterocycles. The Balaban J connectivity index is 0.00000288. The monoisotopic (exact) mass is 466 g/mol. The standard InChI is InChI=1S/C16H23FN4OS.HI/c1-3-18-16(21-13-5-7-15(22)19-10-13)20-9-11-8-12(17)4-6-14(11)23-2;/h4,6,8,13H,3,5,7,9-10H2,1-2H3,(H,19,22)(H2,18,20,21);1H. The number of carbonyl (C=O) groups is 1. The lowest BCUT2D eigenvalue weighted by molar-refractivity contribution is -0.122. The third-order valence-electron chi connectivity index (χ3n) is 3.60. The molecule has 1 aliphatic heterocycles. The molecule has 1 fully saturated rings. The van der Waals surface area contributed by atoms with E-state index in [1.807, 2.05) is 13.2 Å². The summed E-state index contributed by atoms with van der Waals surface area (Å²) in [4.78, 5) is 16.8. The van der Waals surface area contributed by atoms with E-state index in [1.54, 1.807) is 17.8 Å². The minimum Gasteiger partial charge on any atom is -0.357 e. The van der Waals surface area contributed by atoms with Gasteiger partial charge in [0.15, 0.2) is 5.96 Å². The number of carbonyl (C=O) groups excluding carboxylic acids is 1. The minimum atomic E-state index is -0.249. The molecule has 0 bridgehead atoms. The predicted octanol–water partition coefficient (Wildman–Crippen LogP) is 2.50. The number of halogens is 2. The number of guanidine groups is 1. The highest BCUT2D eigenvalue weighted by Crippen LogP contribution is 2.22. The van der Waals surface area contributed by atoms with Gasteiger partial charge in [-0.3, -0.25) is 4.79 Å². The summed E-state index contributed by atoms with van der Waals surface area (Å²) >= 11 is 1.58. The van der Waals surface area contributed by atoms with Crippen LogP contribution in [0.3, 0.4) is 0 Å². The molecule has 8 heteroatoms. The van der Waals surface area contributed by atoms with Crippen molar-refractivity contribution < 1.29 is 9.18 Å². The van der Waals surface area contributed by atoms with Crippen molar-refractivity contribution in [1.29, 1.82) is 0 Å². The van der Waals surface area contributed by atoms with Crippen LogP contribution in [0.5, 0.6) is 0 Å². The summed E-state index contributed by atoms with van der Waals surface area (Å²) in [6, 6.07) is 4.94. The second-order valence-corrected chi connectivity index (χ2v) is 6.18. The topological polar surface area (TPSA) is 65.5 Å². The average molecular weight is 466 g/mol. The Labute approximate surface area is 163 Å². The number of hydrogen-bond acceptors (Lipinski definition) is 3. The van der Waals surface area contributed by atoms with Gasteiger partial charge >= 0.3 is 0 Å². The fourth-order valence-corrected chi connectivity index (χ4v) is 2.99. The minimum absolute atomic E-state index is 0. The van der Waals surface area contributed by atoms with E-state index < -0.39 is 0 Å². The molecule has 1 heterocycles. The third kappa shape index (κ3) is 6.46. The highest BCUT2D eigenvalue weighted by molar-refractivity contribution is 14.0. The Hall–Kier alpha value is -1.03. The normalized spacial score (nSPS) is 17.7. The molecule has 1 aromatic rings. The van der Waals surface area contributed by atoms with E-state index in [9.17, 15) is 9.18 Å². The molecule has 134 valence electrons. The van der Waals surface area contributed by atoms with Gasteiger partial charge in [-0.2, -0.15) is 0 Å². The first-order chi connectivity index (χ1) is 11.1. The van der Waals surface area contributed by atoms with Crippen LogP contribution in [0, 0.1) is 5.82 Å². The van der Waals surface area contributed by atoms with Crippen molar-refractivity contribution in [3.05, 3.63) is 29.6 Å². The summed E-state index contributed by atoms with van der Waals surface area (Å²) in [5.41, 5.74) is 0.867. The predicted molar refractivity (Wildman–Crippen MR) is 108 cm³/mol. The van der Waals surface area contributed by atoms with Gasteiger partial charge in [-0.05, 0) is 43.4 Å². The first-order valence-corrected chi connectivity index (χ1v) is 8.98. The van der Waals surface area contributed by atoms with Gasteiger partial charge < -0.3 is 16.0 Å². The van der Waals surface area contributed by atoms with E-state index in [-0.39, 0.29) is 41.7 Å². The van der Waals surface area contributed by atoms with E-state index in [1.165, 1.54) is 12.1 Å². The van der Waals surface area contributed by atoms with Crippen molar-refractivity contribution in [2.24, 2.45) is 4.99 Å². The molecule has 2 rings (SSSR count). The SMILES string of the molecule is CCNC(=NCc1cc(F)ccc1SC)NC1CCC(=O)NC1.I. The Morgan fingerprint density at radius 3 is 2.92 bits per heavy atom. The van der Waals surface area contributed by atoms with Gasteiger partial charge in [-0.25, -0.2) is 9.38 Å². The van der Waals surface area contributed by atoms with Crippen LogP contribution in [-0.2, 0) is 11.3 Å². The maximum atomic E-state index is 13.4. The van der Waals surface area contributed by atoms with Crippen LogP contribution in [0.1, 0.15) is 25.3 Å². The van der Waals surface area contributed by atoms with Crippen molar-refractivity contribution in [1.82, 2.24) is 16.0 Å².